The Kier molecular flexibility index (Phi) is 5.95. The van der Waals surface area contributed by atoms with Gasteiger partial charge >= 0.3 is 0 Å². The third-order valence-corrected chi connectivity index (χ3v) is 2.73. The van der Waals surface area contributed by atoms with E-state index in [2.05, 4.69) is 5.32 Å². The molecule has 0 spiro atoms. The minimum Gasteiger partial charge on any atom is -0.491 e. The largest absolute Gasteiger partial charge is 0.491 e. The summed E-state index contributed by atoms with van der Waals surface area (Å²) in [5.74, 6) is 0.574. The number of hydrogen-bond donors (Lipinski definition) is 2. The summed E-state index contributed by atoms with van der Waals surface area (Å²) in [4.78, 5) is 11.5. The van der Waals surface area contributed by atoms with Gasteiger partial charge in [-0.25, -0.2) is 0 Å². The van der Waals surface area contributed by atoms with Gasteiger partial charge in [-0.2, -0.15) is 0 Å². The first-order valence-electron chi connectivity index (χ1n) is 5.97. The van der Waals surface area contributed by atoms with E-state index in [9.17, 15) is 4.79 Å². The average molecular weight is 271 g/mol. The highest BCUT2D eigenvalue weighted by molar-refractivity contribution is 6.30. The fraction of sp³-hybridized carbons (Fsp3) is 0.462. The first-order chi connectivity index (χ1) is 8.52. The topological polar surface area (TPSA) is 64.4 Å². The van der Waals surface area contributed by atoms with Gasteiger partial charge in [0, 0.05) is 5.02 Å². The lowest BCUT2D eigenvalue weighted by Gasteiger charge is -2.17. The molecule has 0 fully saturated rings. The number of amides is 1. The number of ether oxygens (including phenoxy) is 1. The van der Waals surface area contributed by atoms with Gasteiger partial charge in [-0.15, -0.1) is 0 Å². The van der Waals surface area contributed by atoms with Crippen LogP contribution in [0.2, 0.25) is 5.02 Å². The Labute approximate surface area is 112 Å². The van der Waals surface area contributed by atoms with Gasteiger partial charge in [0.25, 0.3) is 0 Å². The van der Waals surface area contributed by atoms with Crippen molar-refractivity contribution in [2.75, 3.05) is 6.61 Å². The fourth-order valence-corrected chi connectivity index (χ4v) is 1.45. The van der Waals surface area contributed by atoms with Gasteiger partial charge in [-0.1, -0.05) is 18.5 Å². The van der Waals surface area contributed by atoms with Crippen LogP contribution in [0.1, 0.15) is 20.3 Å². The Morgan fingerprint density at radius 2 is 2.06 bits per heavy atom. The molecule has 1 unspecified atom stereocenters. The predicted octanol–water partition coefficient (Wildman–Crippen LogP) is 1.96. The van der Waals surface area contributed by atoms with Crippen molar-refractivity contribution in [3.05, 3.63) is 29.3 Å². The molecule has 0 heterocycles. The molecule has 0 aliphatic rings. The number of halogens is 1. The van der Waals surface area contributed by atoms with Crippen molar-refractivity contribution in [1.29, 1.82) is 0 Å². The van der Waals surface area contributed by atoms with E-state index in [1.807, 2.05) is 13.8 Å². The fourth-order valence-electron chi connectivity index (χ4n) is 1.33. The van der Waals surface area contributed by atoms with E-state index >= 15 is 0 Å². The van der Waals surface area contributed by atoms with Crippen molar-refractivity contribution in [3.63, 3.8) is 0 Å². The smallest absolute Gasteiger partial charge is 0.237 e. The molecule has 1 amide bonds. The third kappa shape index (κ3) is 4.94. The molecule has 18 heavy (non-hydrogen) atoms. The van der Waals surface area contributed by atoms with Crippen LogP contribution in [-0.2, 0) is 4.79 Å². The highest BCUT2D eigenvalue weighted by Crippen LogP contribution is 2.15. The predicted molar refractivity (Wildman–Crippen MR) is 72.8 cm³/mol. The number of benzene rings is 1. The summed E-state index contributed by atoms with van der Waals surface area (Å²) < 4.78 is 5.52. The summed E-state index contributed by atoms with van der Waals surface area (Å²) in [7, 11) is 0. The van der Waals surface area contributed by atoms with E-state index in [4.69, 9.17) is 22.1 Å². The normalized spacial score (nSPS) is 13.8. The van der Waals surface area contributed by atoms with Crippen molar-refractivity contribution in [2.24, 2.45) is 5.73 Å². The SMILES string of the molecule is CC[C@H](N)C(=O)NC(C)COc1ccc(Cl)cc1. The molecule has 0 aromatic heterocycles. The Morgan fingerprint density at radius 1 is 1.44 bits per heavy atom. The summed E-state index contributed by atoms with van der Waals surface area (Å²) in [5, 5.41) is 3.46. The molecular weight excluding hydrogens is 252 g/mol. The van der Waals surface area contributed by atoms with Crippen LogP contribution in [0, 0.1) is 0 Å². The van der Waals surface area contributed by atoms with Crippen LogP contribution in [0.25, 0.3) is 0 Å². The molecule has 0 aliphatic carbocycles. The molecule has 1 aromatic carbocycles. The minimum absolute atomic E-state index is 0.0919. The van der Waals surface area contributed by atoms with Crippen LogP contribution in [0.15, 0.2) is 24.3 Å². The minimum atomic E-state index is -0.456. The Morgan fingerprint density at radius 3 is 2.61 bits per heavy atom. The maximum absolute atomic E-state index is 11.5. The van der Waals surface area contributed by atoms with E-state index in [0.717, 1.165) is 5.75 Å². The van der Waals surface area contributed by atoms with E-state index in [1.54, 1.807) is 24.3 Å². The molecule has 1 aromatic rings. The summed E-state index contributed by atoms with van der Waals surface area (Å²) >= 11 is 5.77. The van der Waals surface area contributed by atoms with Crippen LogP contribution in [0.3, 0.4) is 0 Å². The lowest BCUT2D eigenvalue weighted by Crippen LogP contribution is -2.45. The lowest BCUT2D eigenvalue weighted by molar-refractivity contribution is -0.123. The molecule has 2 atom stereocenters. The molecule has 0 radical (unpaired) electrons. The van der Waals surface area contributed by atoms with Gasteiger partial charge < -0.3 is 15.8 Å². The highest BCUT2D eigenvalue weighted by atomic mass is 35.5. The van der Waals surface area contributed by atoms with Gasteiger partial charge in [0.1, 0.15) is 12.4 Å². The van der Waals surface area contributed by atoms with Crippen molar-refractivity contribution >= 4 is 17.5 Å². The third-order valence-electron chi connectivity index (χ3n) is 2.48. The zero-order chi connectivity index (χ0) is 13.5. The zero-order valence-corrected chi connectivity index (χ0v) is 11.4. The molecule has 100 valence electrons. The molecular formula is C13H19ClN2O2. The van der Waals surface area contributed by atoms with Gasteiger partial charge in [0.05, 0.1) is 12.1 Å². The van der Waals surface area contributed by atoms with Crippen LogP contribution in [0.4, 0.5) is 0 Å². The van der Waals surface area contributed by atoms with Gasteiger partial charge in [-0.3, -0.25) is 4.79 Å². The van der Waals surface area contributed by atoms with E-state index in [0.29, 0.717) is 18.1 Å². The Hall–Kier alpha value is -1.26. The summed E-state index contributed by atoms with van der Waals surface area (Å²) in [6.45, 7) is 4.14. The van der Waals surface area contributed by atoms with Gasteiger partial charge in [-0.05, 0) is 37.6 Å². The maximum Gasteiger partial charge on any atom is 0.237 e. The molecule has 3 N–H and O–H groups in total. The average Bonchev–Trinajstić information content (AvgIpc) is 2.37. The number of rotatable bonds is 6. The van der Waals surface area contributed by atoms with Crippen LogP contribution in [-0.4, -0.2) is 24.6 Å². The van der Waals surface area contributed by atoms with Gasteiger partial charge in [0.15, 0.2) is 0 Å². The van der Waals surface area contributed by atoms with Crippen LogP contribution < -0.4 is 15.8 Å². The van der Waals surface area contributed by atoms with E-state index in [-0.39, 0.29) is 11.9 Å². The van der Waals surface area contributed by atoms with Crippen molar-refractivity contribution in [1.82, 2.24) is 5.32 Å². The standard InChI is InChI=1S/C13H19ClN2O2/c1-3-12(15)13(17)16-9(2)8-18-11-6-4-10(14)5-7-11/h4-7,9,12H,3,8,15H2,1-2H3,(H,16,17)/t9?,12-/m0/s1. The number of carbonyl (C=O) groups excluding carboxylic acids is 1. The van der Waals surface area contributed by atoms with Crippen molar-refractivity contribution in [2.45, 2.75) is 32.4 Å². The number of nitrogens with one attached hydrogen (secondary N) is 1. The molecule has 0 saturated carbocycles. The van der Waals surface area contributed by atoms with Crippen molar-refractivity contribution in [3.8, 4) is 5.75 Å². The summed E-state index contributed by atoms with van der Waals surface area (Å²) in [6.07, 6.45) is 0.622. The summed E-state index contributed by atoms with van der Waals surface area (Å²) in [6, 6.07) is 6.54. The Bertz CT molecular complexity index is 381. The quantitative estimate of drug-likeness (QED) is 0.831. The molecule has 0 bridgehead atoms. The van der Waals surface area contributed by atoms with E-state index < -0.39 is 6.04 Å². The molecule has 4 nitrogen and oxygen atoms in total. The van der Waals surface area contributed by atoms with Crippen molar-refractivity contribution < 1.29 is 9.53 Å². The number of nitrogens with two attached hydrogens (primary N) is 1. The molecule has 0 saturated heterocycles. The zero-order valence-electron chi connectivity index (χ0n) is 10.7. The lowest BCUT2D eigenvalue weighted by atomic mass is 10.2. The maximum atomic E-state index is 11.5. The van der Waals surface area contributed by atoms with E-state index in [1.165, 1.54) is 0 Å². The first-order valence-corrected chi connectivity index (χ1v) is 6.35. The highest BCUT2D eigenvalue weighted by Gasteiger charge is 2.13. The Balaban J connectivity index is 2.35. The molecule has 1 rings (SSSR count). The van der Waals surface area contributed by atoms with Gasteiger partial charge in [0.2, 0.25) is 5.91 Å². The second-order valence-electron chi connectivity index (χ2n) is 4.19. The first kappa shape index (κ1) is 14.8. The molecule has 5 heteroatoms. The second kappa shape index (κ2) is 7.24. The molecule has 0 aliphatic heterocycles. The second-order valence-corrected chi connectivity index (χ2v) is 4.63. The number of carbonyl (C=O) groups is 1. The van der Waals surface area contributed by atoms with Crippen LogP contribution >= 0.6 is 11.6 Å². The monoisotopic (exact) mass is 270 g/mol. The van der Waals surface area contributed by atoms with Crippen LogP contribution in [0.5, 0.6) is 5.75 Å². The summed E-state index contributed by atoms with van der Waals surface area (Å²) in [5.41, 5.74) is 5.62. The number of hydrogen-bond acceptors (Lipinski definition) is 3.